The molecule has 1 heterocycles. The third-order valence-electron chi connectivity index (χ3n) is 4.55. The summed E-state index contributed by atoms with van der Waals surface area (Å²) in [6.45, 7) is 0.0206. The van der Waals surface area contributed by atoms with Crippen molar-refractivity contribution in [1.82, 2.24) is 0 Å². The SMILES string of the molecule is CC(=O)Nc1ccc(SC(=O)OCc2cc(=O)oc3cc(N(CC(=O)O)CC(=O)O)ccc23)cc1. The van der Waals surface area contributed by atoms with Crippen LogP contribution in [0.2, 0.25) is 0 Å². The predicted molar refractivity (Wildman–Crippen MR) is 127 cm³/mol. The Morgan fingerprint density at radius 1 is 1.00 bits per heavy atom. The fourth-order valence-electron chi connectivity index (χ4n) is 3.17. The highest BCUT2D eigenvalue weighted by Crippen LogP contribution is 2.26. The smallest absolute Gasteiger partial charge is 0.372 e. The number of rotatable bonds is 9. The summed E-state index contributed by atoms with van der Waals surface area (Å²) >= 11 is 0.824. The lowest BCUT2D eigenvalue weighted by molar-refractivity contribution is -0.136. The molecule has 0 aliphatic carbocycles. The summed E-state index contributed by atoms with van der Waals surface area (Å²) in [6.07, 6.45) is 0. The molecule has 0 fully saturated rings. The Morgan fingerprint density at radius 2 is 1.66 bits per heavy atom. The summed E-state index contributed by atoms with van der Waals surface area (Å²) in [7, 11) is 0. The number of benzene rings is 2. The number of nitrogens with one attached hydrogen (secondary N) is 1. The number of carboxylic acids is 2. The topological polar surface area (TPSA) is 163 Å². The molecule has 1 amide bonds. The molecule has 0 aliphatic heterocycles. The monoisotopic (exact) mass is 500 g/mol. The van der Waals surface area contributed by atoms with Crippen molar-refractivity contribution in [2.45, 2.75) is 18.4 Å². The van der Waals surface area contributed by atoms with Crippen LogP contribution in [0, 0.1) is 0 Å². The van der Waals surface area contributed by atoms with Gasteiger partial charge in [0.15, 0.2) is 0 Å². The van der Waals surface area contributed by atoms with E-state index in [0.717, 1.165) is 16.7 Å². The number of fused-ring (bicyclic) bond motifs is 1. The van der Waals surface area contributed by atoms with Crippen LogP contribution in [0.1, 0.15) is 12.5 Å². The number of amides is 1. The maximum absolute atomic E-state index is 12.3. The van der Waals surface area contributed by atoms with Gasteiger partial charge in [-0.2, -0.15) is 0 Å². The number of thioether (sulfide) groups is 1. The van der Waals surface area contributed by atoms with Crippen LogP contribution in [-0.4, -0.2) is 46.4 Å². The summed E-state index contributed by atoms with van der Waals surface area (Å²) in [5.41, 5.74) is 0.550. The van der Waals surface area contributed by atoms with Crippen molar-refractivity contribution < 1.29 is 38.5 Å². The van der Waals surface area contributed by atoms with Gasteiger partial charge in [-0.1, -0.05) is 0 Å². The van der Waals surface area contributed by atoms with Crippen LogP contribution in [-0.2, 0) is 25.7 Å². The molecule has 0 atom stereocenters. The molecule has 1 aromatic heterocycles. The van der Waals surface area contributed by atoms with E-state index < -0.39 is 36.0 Å². The molecule has 0 unspecified atom stereocenters. The number of ether oxygens (including phenoxy) is 1. The molecular weight excluding hydrogens is 480 g/mol. The van der Waals surface area contributed by atoms with Gasteiger partial charge < -0.3 is 29.6 Å². The van der Waals surface area contributed by atoms with Gasteiger partial charge in [0.25, 0.3) is 0 Å². The average Bonchev–Trinajstić information content (AvgIpc) is 2.77. The Kier molecular flexibility index (Phi) is 8.10. The van der Waals surface area contributed by atoms with E-state index in [1.165, 1.54) is 31.2 Å². The molecule has 12 heteroatoms. The van der Waals surface area contributed by atoms with Crippen LogP contribution < -0.4 is 15.8 Å². The van der Waals surface area contributed by atoms with Crippen LogP contribution in [0.25, 0.3) is 11.0 Å². The molecule has 3 N–H and O–H groups in total. The second kappa shape index (κ2) is 11.2. The zero-order valence-corrected chi connectivity index (χ0v) is 19.2. The molecule has 35 heavy (non-hydrogen) atoms. The van der Waals surface area contributed by atoms with Crippen molar-refractivity contribution >= 4 is 57.3 Å². The average molecular weight is 500 g/mol. The fourth-order valence-corrected chi connectivity index (χ4v) is 3.75. The Labute approximate surface area is 202 Å². The van der Waals surface area contributed by atoms with Crippen LogP contribution in [0.4, 0.5) is 16.2 Å². The third-order valence-corrected chi connectivity index (χ3v) is 5.34. The van der Waals surface area contributed by atoms with Crippen LogP contribution in [0.5, 0.6) is 0 Å². The molecular formula is C23H20N2O9S. The Morgan fingerprint density at radius 3 is 2.26 bits per heavy atom. The van der Waals surface area contributed by atoms with Crippen molar-refractivity contribution in [3.05, 3.63) is 64.5 Å². The summed E-state index contributed by atoms with van der Waals surface area (Å²) in [4.78, 5) is 59.3. The minimum Gasteiger partial charge on any atom is -0.480 e. The minimum absolute atomic E-state index is 0.0861. The first-order valence-electron chi connectivity index (χ1n) is 10.1. The Balaban J connectivity index is 1.74. The number of anilines is 2. The lowest BCUT2D eigenvalue weighted by Crippen LogP contribution is -2.34. The molecule has 3 aromatic rings. The number of nitrogens with zero attached hydrogens (tertiary/aromatic N) is 1. The van der Waals surface area contributed by atoms with E-state index in [0.29, 0.717) is 21.5 Å². The Hall–Kier alpha value is -4.32. The van der Waals surface area contributed by atoms with Crippen molar-refractivity contribution in [1.29, 1.82) is 0 Å². The highest BCUT2D eigenvalue weighted by molar-refractivity contribution is 8.13. The second-order valence-electron chi connectivity index (χ2n) is 7.26. The lowest BCUT2D eigenvalue weighted by Gasteiger charge is -2.21. The van der Waals surface area contributed by atoms with Gasteiger partial charge in [0.1, 0.15) is 25.3 Å². The van der Waals surface area contributed by atoms with Gasteiger partial charge in [-0.15, -0.1) is 0 Å². The summed E-state index contributed by atoms with van der Waals surface area (Å²) < 4.78 is 10.5. The minimum atomic E-state index is -1.23. The van der Waals surface area contributed by atoms with E-state index in [4.69, 9.17) is 19.4 Å². The van der Waals surface area contributed by atoms with Crippen molar-refractivity contribution in [2.75, 3.05) is 23.3 Å². The third kappa shape index (κ3) is 7.33. The van der Waals surface area contributed by atoms with Gasteiger partial charge in [0, 0.05) is 46.3 Å². The first-order chi connectivity index (χ1) is 16.6. The molecule has 0 saturated heterocycles. The standard InChI is InChI=1S/C23H20N2O9S/c1-13(26)24-15-2-5-17(6-3-15)35-23(32)33-12-14-8-22(31)34-19-9-16(4-7-18(14)19)25(10-20(27)28)11-21(29)30/h2-9H,10-12H2,1H3,(H,24,26)(H,27,28)(H,29,30). The zero-order chi connectivity index (χ0) is 25.5. The fraction of sp³-hybridized carbons (Fsp3) is 0.174. The van der Waals surface area contributed by atoms with Gasteiger partial charge in [0.2, 0.25) is 5.91 Å². The first-order valence-corrected chi connectivity index (χ1v) is 10.9. The molecule has 0 saturated carbocycles. The molecule has 0 bridgehead atoms. The summed E-state index contributed by atoms with van der Waals surface area (Å²) in [5, 5.41) is 20.6. The van der Waals surface area contributed by atoms with E-state index in [-0.39, 0.29) is 23.8 Å². The van der Waals surface area contributed by atoms with Crippen molar-refractivity contribution in [2.24, 2.45) is 0 Å². The van der Waals surface area contributed by atoms with Crippen LogP contribution >= 0.6 is 11.8 Å². The number of hydrogen-bond donors (Lipinski definition) is 3. The predicted octanol–water partition coefficient (Wildman–Crippen LogP) is 3.16. The molecule has 0 spiro atoms. The zero-order valence-electron chi connectivity index (χ0n) is 18.3. The molecule has 0 radical (unpaired) electrons. The number of carbonyl (C=O) groups excluding carboxylic acids is 2. The van der Waals surface area contributed by atoms with Gasteiger partial charge in [-0.3, -0.25) is 14.4 Å². The largest absolute Gasteiger partial charge is 0.480 e. The van der Waals surface area contributed by atoms with E-state index in [1.807, 2.05) is 0 Å². The highest BCUT2D eigenvalue weighted by Gasteiger charge is 2.17. The van der Waals surface area contributed by atoms with E-state index >= 15 is 0 Å². The molecule has 0 aliphatic rings. The van der Waals surface area contributed by atoms with Crippen molar-refractivity contribution in [3.8, 4) is 0 Å². The maximum atomic E-state index is 12.3. The number of aliphatic carboxylic acids is 2. The second-order valence-corrected chi connectivity index (χ2v) is 8.27. The quantitative estimate of drug-likeness (QED) is 0.225. The number of hydrogen-bond acceptors (Lipinski definition) is 9. The normalized spacial score (nSPS) is 10.5. The van der Waals surface area contributed by atoms with Gasteiger partial charge >= 0.3 is 22.9 Å². The molecule has 3 rings (SSSR count). The van der Waals surface area contributed by atoms with Gasteiger partial charge in [-0.25, -0.2) is 9.59 Å². The van der Waals surface area contributed by atoms with Crippen LogP contribution in [0.3, 0.4) is 0 Å². The first kappa shape index (κ1) is 25.3. The Bertz CT molecular complexity index is 1320. The van der Waals surface area contributed by atoms with Gasteiger partial charge in [0.05, 0.1) is 0 Å². The van der Waals surface area contributed by atoms with Crippen LogP contribution in [0.15, 0.2) is 62.6 Å². The molecule has 11 nitrogen and oxygen atoms in total. The number of carboxylic acid groups (broad SMARTS) is 2. The van der Waals surface area contributed by atoms with E-state index in [9.17, 15) is 24.0 Å². The van der Waals surface area contributed by atoms with E-state index in [2.05, 4.69) is 5.32 Å². The number of carbonyl (C=O) groups is 4. The van der Waals surface area contributed by atoms with Gasteiger partial charge in [-0.05, 0) is 48.2 Å². The molecule has 182 valence electrons. The highest BCUT2D eigenvalue weighted by atomic mass is 32.2. The summed E-state index contributed by atoms with van der Waals surface area (Å²) in [5.74, 6) is -2.67. The van der Waals surface area contributed by atoms with E-state index in [1.54, 1.807) is 24.3 Å². The summed E-state index contributed by atoms with van der Waals surface area (Å²) in [6, 6.07) is 12.1. The van der Waals surface area contributed by atoms with Crippen molar-refractivity contribution in [3.63, 3.8) is 0 Å². The molecule has 2 aromatic carbocycles. The lowest BCUT2D eigenvalue weighted by atomic mass is 10.1. The maximum Gasteiger partial charge on any atom is 0.372 e.